The van der Waals surface area contributed by atoms with Crippen LogP contribution in [0.1, 0.15) is 31.7 Å². The molecule has 0 aliphatic carbocycles. The van der Waals surface area contributed by atoms with Crippen LogP contribution < -0.4 is 10.1 Å². The lowest BCUT2D eigenvalue weighted by Gasteiger charge is -2.14. The van der Waals surface area contributed by atoms with Crippen LogP contribution >= 0.6 is 0 Å². The van der Waals surface area contributed by atoms with E-state index in [1.165, 1.54) is 0 Å². The predicted octanol–water partition coefficient (Wildman–Crippen LogP) is 2.47. The largest absolute Gasteiger partial charge is 0.497 e. The van der Waals surface area contributed by atoms with Gasteiger partial charge in [-0.25, -0.2) is 0 Å². The Bertz CT molecular complexity index is 393. The summed E-state index contributed by atoms with van der Waals surface area (Å²) in [5.74, 6) is 0.0670. The number of carboxylic acid groups (broad SMARTS) is 1. The highest BCUT2D eigenvalue weighted by atomic mass is 16.5. The van der Waals surface area contributed by atoms with Crippen molar-refractivity contribution in [2.75, 3.05) is 13.7 Å². The van der Waals surface area contributed by atoms with Crippen molar-refractivity contribution in [2.24, 2.45) is 0 Å². The first kappa shape index (κ1) is 15.5. The van der Waals surface area contributed by atoms with E-state index in [2.05, 4.69) is 12.2 Å². The molecule has 1 atom stereocenters. The van der Waals surface area contributed by atoms with Gasteiger partial charge in [-0.3, -0.25) is 4.79 Å². The molecule has 0 saturated heterocycles. The van der Waals surface area contributed by atoms with E-state index >= 15 is 0 Å². The molecule has 0 bridgehead atoms. The van der Waals surface area contributed by atoms with E-state index in [0.29, 0.717) is 13.0 Å². The zero-order valence-corrected chi connectivity index (χ0v) is 11.7. The Morgan fingerprint density at radius 3 is 2.89 bits per heavy atom. The highest BCUT2D eigenvalue weighted by Crippen LogP contribution is 2.12. The Kier molecular flexibility index (Phi) is 6.97. The molecule has 0 radical (unpaired) electrons. The van der Waals surface area contributed by atoms with Crippen molar-refractivity contribution >= 4 is 5.97 Å². The number of carboxylic acids is 1. The van der Waals surface area contributed by atoms with Crippen LogP contribution in [0.3, 0.4) is 0 Å². The fourth-order valence-corrected chi connectivity index (χ4v) is 1.94. The third-order valence-electron chi connectivity index (χ3n) is 3.08. The molecule has 0 fully saturated rings. The first-order chi connectivity index (χ1) is 9.17. The zero-order valence-electron chi connectivity index (χ0n) is 11.7. The summed E-state index contributed by atoms with van der Waals surface area (Å²) >= 11 is 0. The molecule has 106 valence electrons. The van der Waals surface area contributed by atoms with Crippen molar-refractivity contribution in [3.8, 4) is 5.75 Å². The molecule has 4 nitrogen and oxygen atoms in total. The summed E-state index contributed by atoms with van der Waals surface area (Å²) < 4.78 is 5.16. The second-order valence-electron chi connectivity index (χ2n) is 4.59. The molecule has 19 heavy (non-hydrogen) atoms. The van der Waals surface area contributed by atoms with Gasteiger partial charge in [0, 0.05) is 0 Å². The van der Waals surface area contributed by atoms with Gasteiger partial charge in [0.25, 0.3) is 0 Å². The molecule has 1 aromatic rings. The van der Waals surface area contributed by atoms with Crippen LogP contribution in [0.5, 0.6) is 5.75 Å². The van der Waals surface area contributed by atoms with Gasteiger partial charge in [-0.2, -0.15) is 0 Å². The van der Waals surface area contributed by atoms with Gasteiger partial charge in [0.15, 0.2) is 0 Å². The topological polar surface area (TPSA) is 58.6 Å². The Labute approximate surface area is 114 Å². The van der Waals surface area contributed by atoms with Gasteiger partial charge in [-0.1, -0.05) is 31.9 Å². The van der Waals surface area contributed by atoms with Gasteiger partial charge in [-0.15, -0.1) is 0 Å². The predicted molar refractivity (Wildman–Crippen MR) is 75.6 cm³/mol. The number of ether oxygens (including phenoxy) is 1. The van der Waals surface area contributed by atoms with E-state index in [0.717, 1.165) is 30.6 Å². The molecule has 0 amide bonds. The van der Waals surface area contributed by atoms with Crippen LogP contribution in [0, 0.1) is 0 Å². The number of benzene rings is 1. The van der Waals surface area contributed by atoms with Crippen molar-refractivity contribution < 1.29 is 14.6 Å². The number of rotatable bonds is 9. The average Bonchev–Trinajstić information content (AvgIpc) is 2.42. The van der Waals surface area contributed by atoms with Gasteiger partial charge < -0.3 is 15.2 Å². The van der Waals surface area contributed by atoms with Gasteiger partial charge in [0.2, 0.25) is 0 Å². The normalized spacial score (nSPS) is 12.1. The zero-order chi connectivity index (χ0) is 14.1. The highest BCUT2D eigenvalue weighted by Gasteiger charge is 2.15. The van der Waals surface area contributed by atoms with Crippen LogP contribution in [-0.4, -0.2) is 30.8 Å². The van der Waals surface area contributed by atoms with Crippen LogP contribution in [0.15, 0.2) is 24.3 Å². The number of hydrogen-bond acceptors (Lipinski definition) is 3. The van der Waals surface area contributed by atoms with Gasteiger partial charge in [-0.05, 0) is 37.1 Å². The summed E-state index contributed by atoms with van der Waals surface area (Å²) in [7, 11) is 1.64. The molecule has 0 aromatic heterocycles. The first-order valence-corrected chi connectivity index (χ1v) is 6.76. The smallest absolute Gasteiger partial charge is 0.320 e. The van der Waals surface area contributed by atoms with Crippen molar-refractivity contribution in [1.29, 1.82) is 0 Å². The van der Waals surface area contributed by atoms with Crippen molar-refractivity contribution in [3.05, 3.63) is 29.8 Å². The number of carbonyl (C=O) groups is 1. The minimum absolute atomic E-state index is 0.439. The van der Waals surface area contributed by atoms with Crippen molar-refractivity contribution in [1.82, 2.24) is 5.32 Å². The molecular weight excluding hydrogens is 242 g/mol. The fraction of sp³-hybridized carbons (Fsp3) is 0.533. The Balaban J connectivity index is 2.40. The maximum Gasteiger partial charge on any atom is 0.320 e. The third-order valence-corrected chi connectivity index (χ3v) is 3.08. The SMILES string of the molecule is CCCCC(NCCc1cccc(OC)c1)C(=O)O. The summed E-state index contributed by atoms with van der Waals surface area (Å²) in [5.41, 5.74) is 1.14. The number of aliphatic carboxylic acids is 1. The fourth-order valence-electron chi connectivity index (χ4n) is 1.94. The van der Waals surface area contributed by atoms with Crippen molar-refractivity contribution in [2.45, 2.75) is 38.6 Å². The lowest BCUT2D eigenvalue weighted by Crippen LogP contribution is -2.37. The van der Waals surface area contributed by atoms with Gasteiger partial charge in [0.05, 0.1) is 7.11 Å². The lowest BCUT2D eigenvalue weighted by atomic mass is 10.1. The molecule has 1 unspecified atom stereocenters. The minimum Gasteiger partial charge on any atom is -0.497 e. The Morgan fingerprint density at radius 1 is 1.47 bits per heavy atom. The van der Waals surface area contributed by atoms with E-state index in [9.17, 15) is 4.79 Å². The molecule has 2 N–H and O–H groups in total. The quantitative estimate of drug-likeness (QED) is 0.720. The summed E-state index contributed by atoms with van der Waals surface area (Å²) in [4.78, 5) is 11.1. The van der Waals surface area contributed by atoms with Crippen LogP contribution in [-0.2, 0) is 11.2 Å². The molecule has 4 heteroatoms. The molecule has 0 saturated carbocycles. The summed E-state index contributed by atoms with van der Waals surface area (Å²) in [5, 5.41) is 12.2. The molecule has 0 aliphatic heterocycles. The Hall–Kier alpha value is -1.55. The molecule has 1 rings (SSSR count). The van der Waals surface area contributed by atoms with Gasteiger partial charge >= 0.3 is 5.97 Å². The summed E-state index contributed by atoms with van der Waals surface area (Å²) in [6.07, 6.45) is 3.43. The van der Waals surface area contributed by atoms with Crippen molar-refractivity contribution in [3.63, 3.8) is 0 Å². The molecule has 0 aliphatic rings. The molecular formula is C15H23NO3. The van der Waals surface area contributed by atoms with E-state index < -0.39 is 12.0 Å². The van der Waals surface area contributed by atoms with Crippen LogP contribution in [0.2, 0.25) is 0 Å². The molecule has 1 aromatic carbocycles. The van der Waals surface area contributed by atoms with Crippen LogP contribution in [0.25, 0.3) is 0 Å². The first-order valence-electron chi connectivity index (χ1n) is 6.76. The monoisotopic (exact) mass is 265 g/mol. The third kappa shape index (κ3) is 5.75. The van der Waals surface area contributed by atoms with E-state index in [1.807, 2.05) is 24.3 Å². The number of unbranched alkanes of at least 4 members (excludes halogenated alkanes) is 1. The lowest BCUT2D eigenvalue weighted by molar-refractivity contribution is -0.139. The van der Waals surface area contributed by atoms with Crippen LogP contribution in [0.4, 0.5) is 0 Å². The maximum atomic E-state index is 11.1. The average molecular weight is 265 g/mol. The number of hydrogen-bond donors (Lipinski definition) is 2. The second-order valence-corrected chi connectivity index (χ2v) is 4.59. The second kappa shape index (κ2) is 8.53. The maximum absolute atomic E-state index is 11.1. The number of methoxy groups -OCH3 is 1. The summed E-state index contributed by atoms with van der Waals surface area (Å²) in [6.45, 7) is 2.73. The van der Waals surface area contributed by atoms with E-state index in [-0.39, 0.29) is 0 Å². The molecule has 0 spiro atoms. The summed E-state index contributed by atoms with van der Waals surface area (Å²) in [6, 6.07) is 7.40. The minimum atomic E-state index is -0.765. The van der Waals surface area contributed by atoms with E-state index in [1.54, 1.807) is 7.11 Å². The van der Waals surface area contributed by atoms with E-state index in [4.69, 9.17) is 9.84 Å². The Morgan fingerprint density at radius 2 is 2.26 bits per heavy atom. The standard InChI is InChI=1S/C15H23NO3/c1-3-4-8-14(15(17)18)16-10-9-12-6-5-7-13(11-12)19-2/h5-7,11,14,16H,3-4,8-10H2,1-2H3,(H,17,18). The highest BCUT2D eigenvalue weighted by molar-refractivity contribution is 5.73. The van der Waals surface area contributed by atoms with Gasteiger partial charge in [0.1, 0.15) is 11.8 Å². The number of nitrogens with one attached hydrogen (secondary N) is 1. The molecule has 0 heterocycles.